The van der Waals surface area contributed by atoms with Crippen molar-refractivity contribution in [2.24, 2.45) is 0 Å². The van der Waals surface area contributed by atoms with Gasteiger partial charge in [0.25, 0.3) is 0 Å². The Morgan fingerprint density at radius 3 is 2.57 bits per heavy atom. The number of likely N-dealkylation sites (N-methyl/N-ethyl adjacent to an activating group) is 1. The molecule has 6 heteroatoms. The van der Waals surface area contributed by atoms with E-state index in [2.05, 4.69) is 10.3 Å². The van der Waals surface area contributed by atoms with Crippen LogP contribution in [0.2, 0.25) is 5.02 Å². The minimum absolute atomic E-state index is 0.468. The molecule has 0 aliphatic heterocycles. The number of nitrogens with zero attached hydrogens (tertiary/aromatic N) is 1. The van der Waals surface area contributed by atoms with Crippen molar-refractivity contribution in [3.8, 4) is 11.5 Å². The number of oxazole rings is 1. The molecular weight excluding hydrogens is 316 g/mol. The number of carbonyl (C=O) groups is 1. The van der Waals surface area contributed by atoms with Crippen LogP contribution in [-0.2, 0) is 10.3 Å². The van der Waals surface area contributed by atoms with Crippen LogP contribution >= 0.6 is 11.6 Å². The SMILES string of the molecule is CNC(C)(C(=O)O)c1ccc2oc(-c3ccc(Cl)cc3)nc2c1. The van der Waals surface area contributed by atoms with Crippen LogP contribution < -0.4 is 5.32 Å². The van der Waals surface area contributed by atoms with E-state index >= 15 is 0 Å². The maximum absolute atomic E-state index is 11.5. The molecule has 3 rings (SSSR count). The molecule has 0 aliphatic rings. The molecule has 0 spiro atoms. The Morgan fingerprint density at radius 1 is 1.26 bits per heavy atom. The van der Waals surface area contributed by atoms with Crippen LogP contribution in [-0.4, -0.2) is 23.1 Å². The third kappa shape index (κ3) is 2.69. The first-order valence-corrected chi connectivity index (χ1v) is 7.41. The lowest BCUT2D eigenvalue weighted by Gasteiger charge is -2.24. The molecule has 23 heavy (non-hydrogen) atoms. The maximum Gasteiger partial charge on any atom is 0.328 e. The Hall–Kier alpha value is -2.37. The Morgan fingerprint density at radius 2 is 1.96 bits per heavy atom. The van der Waals surface area contributed by atoms with Gasteiger partial charge < -0.3 is 14.8 Å². The monoisotopic (exact) mass is 330 g/mol. The first-order valence-electron chi connectivity index (χ1n) is 7.03. The molecule has 0 bridgehead atoms. The lowest BCUT2D eigenvalue weighted by Crippen LogP contribution is -2.44. The first kappa shape index (κ1) is 15.5. The van der Waals surface area contributed by atoms with Crippen LogP contribution in [0, 0.1) is 0 Å². The molecule has 1 heterocycles. The van der Waals surface area contributed by atoms with Gasteiger partial charge in [-0.3, -0.25) is 0 Å². The number of benzene rings is 2. The van der Waals surface area contributed by atoms with Gasteiger partial charge in [-0.15, -0.1) is 0 Å². The number of hydrogen-bond donors (Lipinski definition) is 2. The highest BCUT2D eigenvalue weighted by atomic mass is 35.5. The van der Waals surface area contributed by atoms with E-state index in [1.807, 2.05) is 12.1 Å². The van der Waals surface area contributed by atoms with Crippen molar-refractivity contribution in [2.75, 3.05) is 7.05 Å². The van der Waals surface area contributed by atoms with E-state index in [4.69, 9.17) is 16.0 Å². The molecule has 1 aromatic heterocycles. The Bertz CT molecular complexity index is 873. The molecule has 1 atom stereocenters. The van der Waals surface area contributed by atoms with Crippen molar-refractivity contribution in [1.82, 2.24) is 10.3 Å². The average Bonchev–Trinajstić information content (AvgIpc) is 2.97. The highest BCUT2D eigenvalue weighted by Crippen LogP contribution is 2.29. The molecule has 0 radical (unpaired) electrons. The van der Waals surface area contributed by atoms with E-state index in [1.165, 1.54) is 0 Å². The molecule has 1 unspecified atom stereocenters. The van der Waals surface area contributed by atoms with Crippen LogP contribution in [0.3, 0.4) is 0 Å². The van der Waals surface area contributed by atoms with Gasteiger partial charge in [-0.05, 0) is 55.9 Å². The van der Waals surface area contributed by atoms with Gasteiger partial charge in [-0.25, -0.2) is 9.78 Å². The van der Waals surface area contributed by atoms with E-state index in [0.717, 1.165) is 5.56 Å². The fourth-order valence-electron chi connectivity index (χ4n) is 2.33. The molecule has 5 nitrogen and oxygen atoms in total. The summed E-state index contributed by atoms with van der Waals surface area (Å²) >= 11 is 5.88. The summed E-state index contributed by atoms with van der Waals surface area (Å²) in [5, 5.41) is 12.9. The van der Waals surface area contributed by atoms with Gasteiger partial charge in [0.05, 0.1) is 0 Å². The van der Waals surface area contributed by atoms with Crippen LogP contribution in [0.5, 0.6) is 0 Å². The summed E-state index contributed by atoms with van der Waals surface area (Å²) in [6.07, 6.45) is 0. The maximum atomic E-state index is 11.5. The van der Waals surface area contributed by atoms with Gasteiger partial charge in [0.2, 0.25) is 5.89 Å². The van der Waals surface area contributed by atoms with Crippen LogP contribution in [0.25, 0.3) is 22.6 Å². The topological polar surface area (TPSA) is 75.4 Å². The number of carboxylic acid groups (broad SMARTS) is 1. The van der Waals surface area contributed by atoms with Crippen molar-refractivity contribution in [1.29, 1.82) is 0 Å². The zero-order valence-corrected chi connectivity index (χ0v) is 13.4. The zero-order chi connectivity index (χ0) is 16.6. The minimum Gasteiger partial charge on any atom is -0.480 e. The lowest BCUT2D eigenvalue weighted by atomic mass is 9.92. The summed E-state index contributed by atoms with van der Waals surface area (Å²) < 4.78 is 5.73. The van der Waals surface area contributed by atoms with Crippen molar-refractivity contribution < 1.29 is 14.3 Å². The number of nitrogens with one attached hydrogen (secondary N) is 1. The fourth-order valence-corrected chi connectivity index (χ4v) is 2.46. The molecule has 0 saturated carbocycles. The van der Waals surface area contributed by atoms with Crippen molar-refractivity contribution in [3.05, 3.63) is 53.1 Å². The molecule has 0 amide bonds. The van der Waals surface area contributed by atoms with Crippen LogP contribution in [0.1, 0.15) is 12.5 Å². The van der Waals surface area contributed by atoms with Gasteiger partial charge in [0.1, 0.15) is 11.1 Å². The second-order valence-corrected chi connectivity index (χ2v) is 5.83. The Balaban J connectivity index is 2.08. The summed E-state index contributed by atoms with van der Waals surface area (Å²) in [5.74, 6) is -0.490. The van der Waals surface area contributed by atoms with Crippen molar-refractivity contribution in [3.63, 3.8) is 0 Å². The molecule has 0 aliphatic carbocycles. The van der Waals surface area contributed by atoms with E-state index in [-0.39, 0.29) is 0 Å². The average molecular weight is 331 g/mol. The summed E-state index contributed by atoms with van der Waals surface area (Å²) in [6.45, 7) is 1.61. The van der Waals surface area contributed by atoms with E-state index in [9.17, 15) is 9.90 Å². The van der Waals surface area contributed by atoms with Crippen LogP contribution in [0.4, 0.5) is 0 Å². The normalized spacial score (nSPS) is 13.9. The van der Waals surface area contributed by atoms with Gasteiger partial charge in [0, 0.05) is 10.6 Å². The van der Waals surface area contributed by atoms with Crippen LogP contribution in [0.15, 0.2) is 46.9 Å². The highest BCUT2D eigenvalue weighted by Gasteiger charge is 2.33. The number of hydrogen-bond acceptors (Lipinski definition) is 4. The molecule has 3 aromatic rings. The van der Waals surface area contributed by atoms with Gasteiger partial charge in [-0.2, -0.15) is 0 Å². The third-order valence-corrected chi connectivity index (χ3v) is 4.24. The molecule has 0 saturated heterocycles. The quantitative estimate of drug-likeness (QED) is 0.763. The summed E-state index contributed by atoms with van der Waals surface area (Å²) in [7, 11) is 1.61. The number of aliphatic carboxylic acids is 1. The standard InChI is InChI=1S/C17H15ClN2O3/c1-17(19-2,16(21)22)11-5-8-14-13(9-11)20-15(23-14)10-3-6-12(18)7-4-10/h3-9,19H,1-2H3,(H,21,22). The predicted molar refractivity (Wildman–Crippen MR) is 88.5 cm³/mol. The first-order chi connectivity index (χ1) is 10.9. The number of aromatic nitrogens is 1. The number of halogens is 1. The van der Waals surface area contributed by atoms with Crippen molar-refractivity contribution >= 4 is 28.7 Å². The highest BCUT2D eigenvalue weighted by molar-refractivity contribution is 6.30. The largest absolute Gasteiger partial charge is 0.480 e. The third-order valence-electron chi connectivity index (χ3n) is 3.98. The molecule has 118 valence electrons. The Labute approximate surface area is 137 Å². The smallest absolute Gasteiger partial charge is 0.328 e. The van der Waals surface area contributed by atoms with Crippen molar-refractivity contribution in [2.45, 2.75) is 12.5 Å². The second-order valence-electron chi connectivity index (χ2n) is 5.39. The summed E-state index contributed by atoms with van der Waals surface area (Å²) in [5.41, 5.74) is 1.43. The van der Waals surface area contributed by atoms with E-state index in [0.29, 0.717) is 27.6 Å². The zero-order valence-electron chi connectivity index (χ0n) is 12.6. The molecule has 2 N–H and O–H groups in total. The van der Waals surface area contributed by atoms with Gasteiger partial charge >= 0.3 is 5.97 Å². The minimum atomic E-state index is -1.19. The second kappa shape index (κ2) is 5.68. The molecule has 0 fully saturated rings. The van der Waals surface area contributed by atoms with E-state index < -0.39 is 11.5 Å². The fraction of sp³-hybridized carbons (Fsp3) is 0.176. The lowest BCUT2D eigenvalue weighted by molar-refractivity contribution is -0.144. The molecule has 2 aromatic carbocycles. The number of rotatable bonds is 4. The van der Waals surface area contributed by atoms with Gasteiger partial charge in [0.15, 0.2) is 5.58 Å². The number of fused-ring (bicyclic) bond motifs is 1. The molecular formula is C17H15ClN2O3. The Kier molecular flexibility index (Phi) is 3.83. The van der Waals surface area contributed by atoms with Gasteiger partial charge in [-0.1, -0.05) is 17.7 Å². The predicted octanol–water partition coefficient (Wildman–Crippen LogP) is 3.67. The number of carboxylic acids is 1. The summed E-state index contributed by atoms with van der Waals surface area (Å²) in [6, 6.07) is 12.4. The van der Waals surface area contributed by atoms with E-state index in [1.54, 1.807) is 44.3 Å². The summed E-state index contributed by atoms with van der Waals surface area (Å²) in [4.78, 5) is 16.0.